The molecule has 21 heavy (non-hydrogen) atoms. The van der Waals surface area contributed by atoms with Crippen molar-refractivity contribution in [3.63, 3.8) is 0 Å². The number of hydrogen-bond acceptors (Lipinski definition) is 4. The molecule has 116 valence electrons. The van der Waals surface area contributed by atoms with E-state index in [1.165, 1.54) is 0 Å². The third-order valence-electron chi connectivity index (χ3n) is 4.10. The van der Waals surface area contributed by atoms with Crippen LogP contribution in [0.2, 0.25) is 0 Å². The normalized spacial score (nSPS) is 21.9. The first-order valence-corrected chi connectivity index (χ1v) is 7.50. The molecule has 0 spiro atoms. The van der Waals surface area contributed by atoms with E-state index >= 15 is 0 Å². The fraction of sp³-hybridized carbons (Fsp3) is 0.562. The number of rotatable bonds is 4. The molecule has 1 aliphatic carbocycles. The smallest absolute Gasteiger partial charge is 0.253 e. The number of nitrogens with zero attached hydrogens (tertiary/aromatic N) is 1. The molecule has 2 rings (SSSR count). The first-order valence-electron chi connectivity index (χ1n) is 7.50. The van der Waals surface area contributed by atoms with E-state index in [4.69, 9.17) is 5.73 Å². The average molecular weight is 291 g/mol. The van der Waals surface area contributed by atoms with Crippen LogP contribution in [0.25, 0.3) is 0 Å². The molecule has 1 fully saturated rings. The Morgan fingerprint density at radius 3 is 2.62 bits per heavy atom. The van der Waals surface area contributed by atoms with E-state index in [1.54, 1.807) is 31.1 Å². The van der Waals surface area contributed by atoms with Gasteiger partial charge in [-0.15, -0.1) is 0 Å². The Bertz CT molecular complexity index is 494. The summed E-state index contributed by atoms with van der Waals surface area (Å²) in [5, 5.41) is 12.9. The minimum absolute atomic E-state index is 0.0289. The predicted molar refractivity (Wildman–Crippen MR) is 85.3 cm³/mol. The number of aliphatic hydroxyl groups excluding tert-OH is 1. The first-order chi connectivity index (χ1) is 9.97. The molecule has 1 aromatic carbocycles. The fourth-order valence-corrected chi connectivity index (χ4v) is 2.70. The number of hydrogen-bond donors (Lipinski definition) is 3. The van der Waals surface area contributed by atoms with Crippen LogP contribution in [0.5, 0.6) is 0 Å². The van der Waals surface area contributed by atoms with Gasteiger partial charge in [-0.1, -0.05) is 0 Å². The zero-order valence-corrected chi connectivity index (χ0v) is 12.8. The fourth-order valence-electron chi connectivity index (χ4n) is 2.70. The van der Waals surface area contributed by atoms with Crippen LogP contribution in [0.4, 0.5) is 11.4 Å². The molecule has 0 atom stereocenters. The van der Waals surface area contributed by atoms with Crippen molar-refractivity contribution in [2.24, 2.45) is 5.92 Å². The lowest BCUT2D eigenvalue weighted by atomic mass is 9.87. The Balaban J connectivity index is 1.99. The van der Waals surface area contributed by atoms with Gasteiger partial charge in [-0.3, -0.25) is 4.79 Å². The summed E-state index contributed by atoms with van der Waals surface area (Å²) in [6, 6.07) is 5.33. The van der Waals surface area contributed by atoms with E-state index < -0.39 is 0 Å². The van der Waals surface area contributed by atoms with Gasteiger partial charge in [-0.25, -0.2) is 0 Å². The molecular formula is C16H25N3O2. The Morgan fingerprint density at radius 2 is 2.00 bits per heavy atom. The molecule has 1 amide bonds. The third-order valence-corrected chi connectivity index (χ3v) is 4.10. The highest BCUT2D eigenvalue weighted by molar-refractivity contribution is 5.95. The van der Waals surface area contributed by atoms with Gasteiger partial charge in [0.15, 0.2) is 0 Å². The number of carbonyl (C=O) groups is 1. The minimum Gasteiger partial charge on any atom is -0.397 e. The summed E-state index contributed by atoms with van der Waals surface area (Å²) in [6.07, 6.45) is 3.68. The summed E-state index contributed by atoms with van der Waals surface area (Å²) < 4.78 is 0. The van der Waals surface area contributed by atoms with Gasteiger partial charge < -0.3 is 21.1 Å². The molecule has 0 bridgehead atoms. The van der Waals surface area contributed by atoms with Crippen molar-refractivity contribution >= 4 is 17.3 Å². The summed E-state index contributed by atoms with van der Waals surface area (Å²) in [4.78, 5) is 13.5. The van der Waals surface area contributed by atoms with Crippen molar-refractivity contribution in [1.29, 1.82) is 0 Å². The highest BCUT2D eigenvalue weighted by Crippen LogP contribution is 2.26. The van der Waals surface area contributed by atoms with Crippen LogP contribution in [0.3, 0.4) is 0 Å². The van der Waals surface area contributed by atoms with Crippen molar-refractivity contribution in [3.8, 4) is 0 Å². The molecule has 0 radical (unpaired) electrons. The summed E-state index contributed by atoms with van der Waals surface area (Å²) in [5.41, 5.74) is 8.08. The standard InChI is InChI=1S/C16H25N3O2/c1-19(2)16(21)12-5-8-14(17)15(9-12)18-10-11-3-6-13(20)7-4-11/h5,8-9,11,13,18,20H,3-4,6-7,10,17H2,1-2H3. The predicted octanol–water partition coefficient (Wildman–Crippen LogP) is 1.93. The highest BCUT2D eigenvalue weighted by atomic mass is 16.3. The lowest BCUT2D eigenvalue weighted by Gasteiger charge is -2.26. The summed E-state index contributed by atoms with van der Waals surface area (Å²) in [5.74, 6) is 0.528. The highest BCUT2D eigenvalue weighted by Gasteiger charge is 2.19. The van der Waals surface area contributed by atoms with Gasteiger partial charge >= 0.3 is 0 Å². The number of amides is 1. The number of benzene rings is 1. The topological polar surface area (TPSA) is 78.6 Å². The number of carbonyl (C=O) groups excluding carboxylic acids is 1. The number of aliphatic hydroxyl groups is 1. The molecule has 4 N–H and O–H groups in total. The van der Waals surface area contributed by atoms with Crippen LogP contribution < -0.4 is 11.1 Å². The third kappa shape index (κ3) is 4.11. The van der Waals surface area contributed by atoms with Gasteiger partial charge in [0.25, 0.3) is 5.91 Å². The molecule has 1 aliphatic rings. The molecule has 5 nitrogen and oxygen atoms in total. The maximum atomic E-state index is 12.0. The molecular weight excluding hydrogens is 266 g/mol. The second-order valence-corrected chi connectivity index (χ2v) is 6.06. The summed E-state index contributed by atoms with van der Waals surface area (Å²) in [6.45, 7) is 0.830. The van der Waals surface area contributed by atoms with Crippen LogP contribution in [-0.4, -0.2) is 42.7 Å². The first kappa shape index (κ1) is 15.6. The van der Waals surface area contributed by atoms with E-state index in [9.17, 15) is 9.90 Å². The molecule has 0 aromatic heterocycles. The van der Waals surface area contributed by atoms with Crippen LogP contribution >= 0.6 is 0 Å². The quantitative estimate of drug-likeness (QED) is 0.741. The van der Waals surface area contributed by atoms with Crippen LogP contribution in [0, 0.1) is 5.92 Å². The summed E-state index contributed by atoms with van der Waals surface area (Å²) in [7, 11) is 3.47. The van der Waals surface area contributed by atoms with Crippen LogP contribution in [0.1, 0.15) is 36.0 Å². The van der Waals surface area contributed by atoms with Gasteiger partial charge in [0, 0.05) is 26.2 Å². The molecule has 0 saturated heterocycles. The number of anilines is 2. The van der Waals surface area contributed by atoms with E-state index in [0.29, 0.717) is 17.2 Å². The lowest BCUT2D eigenvalue weighted by Crippen LogP contribution is -2.24. The molecule has 0 heterocycles. The van der Waals surface area contributed by atoms with Crippen molar-refractivity contribution in [2.45, 2.75) is 31.8 Å². The minimum atomic E-state index is -0.132. The summed E-state index contributed by atoms with van der Waals surface area (Å²) >= 11 is 0. The van der Waals surface area contributed by atoms with E-state index in [0.717, 1.165) is 37.9 Å². The van der Waals surface area contributed by atoms with Crippen molar-refractivity contribution in [1.82, 2.24) is 4.90 Å². The second kappa shape index (κ2) is 6.80. The van der Waals surface area contributed by atoms with Crippen molar-refractivity contribution in [3.05, 3.63) is 23.8 Å². The maximum absolute atomic E-state index is 12.0. The number of nitrogens with two attached hydrogens (primary N) is 1. The second-order valence-electron chi connectivity index (χ2n) is 6.06. The van der Waals surface area contributed by atoms with E-state index in [1.807, 2.05) is 6.07 Å². The zero-order valence-electron chi connectivity index (χ0n) is 12.8. The van der Waals surface area contributed by atoms with Gasteiger partial charge in [0.1, 0.15) is 0 Å². The van der Waals surface area contributed by atoms with E-state index in [2.05, 4.69) is 5.32 Å². The van der Waals surface area contributed by atoms with Crippen molar-refractivity contribution in [2.75, 3.05) is 31.7 Å². The Labute approximate surface area is 126 Å². The van der Waals surface area contributed by atoms with Crippen LogP contribution in [0.15, 0.2) is 18.2 Å². The van der Waals surface area contributed by atoms with Gasteiger partial charge in [0.2, 0.25) is 0 Å². The molecule has 0 unspecified atom stereocenters. The van der Waals surface area contributed by atoms with Gasteiger partial charge in [-0.2, -0.15) is 0 Å². The number of nitrogen functional groups attached to an aromatic ring is 1. The molecule has 0 aliphatic heterocycles. The van der Waals surface area contributed by atoms with E-state index in [-0.39, 0.29) is 12.0 Å². The van der Waals surface area contributed by atoms with Gasteiger partial charge in [-0.05, 0) is 49.8 Å². The van der Waals surface area contributed by atoms with Crippen molar-refractivity contribution < 1.29 is 9.90 Å². The molecule has 1 aromatic rings. The molecule has 1 saturated carbocycles. The monoisotopic (exact) mass is 291 g/mol. The van der Waals surface area contributed by atoms with Gasteiger partial charge in [0.05, 0.1) is 17.5 Å². The lowest BCUT2D eigenvalue weighted by molar-refractivity contribution is 0.0827. The Hall–Kier alpha value is -1.75. The Kier molecular flexibility index (Phi) is 5.07. The maximum Gasteiger partial charge on any atom is 0.253 e. The number of nitrogens with one attached hydrogen (secondary N) is 1. The Morgan fingerprint density at radius 1 is 1.33 bits per heavy atom. The molecule has 5 heteroatoms. The average Bonchev–Trinajstić information content (AvgIpc) is 2.47. The largest absolute Gasteiger partial charge is 0.397 e. The zero-order chi connectivity index (χ0) is 15.4. The SMILES string of the molecule is CN(C)C(=O)c1ccc(N)c(NCC2CCC(O)CC2)c1. The van der Waals surface area contributed by atoms with Crippen LogP contribution in [-0.2, 0) is 0 Å².